The Hall–Kier alpha value is -2.14. The SMILES string of the molecule is Cc1cc(NC(=O)N[C@]23C[C@H]2COC32CCC2)c2ccccc2n1. The molecule has 0 bridgehead atoms. The van der Waals surface area contributed by atoms with E-state index in [-0.39, 0.29) is 17.2 Å². The van der Waals surface area contributed by atoms with Gasteiger partial charge in [0.25, 0.3) is 0 Å². The van der Waals surface area contributed by atoms with Crippen LogP contribution in [0.3, 0.4) is 0 Å². The summed E-state index contributed by atoms with van der Waals surface area (Å²) in [6.07, 6.45) is 4.39. The van der Waals surface area contributed by atoms with Gasteiger partial charge in [0.1, 0.15) is 0 Å². The lowest BCUT2D eigenvalue weighted by atomic mass is 9.73. The fourth-order valence-electron chi connectivity index (χ4n) is 4.60. The number of benzene rings is 1. The highest BCUT2D eigenvalue weighted by Crippen LogP contribution is 2.64. The van der Waals surface area contributed by atoms with Crippen molar-refractivity contribution in [3.63, 3.8) is 0 Å². The maximum Gasteiger partial charge on any atom is 0.319 e. The molecule has 5 rings (SSSR count). The number of nitrogens with one attached hydrogen (secondary N) is 2. The topological polar surface area (TPSA) is 63.2 Å². The summed E-state index contributed by atoms with van der Waals surface area (Å²) in [4.78, 5) is 17.2. The zero-order valence-corrected chi connectivity index (χ0v) is 13.8. The van der Waals surface area contributed by atoms with E-state index in [4.69, 9.17) is 4.74 Å². The van der Waals surface area contributed by atoms with Gasteiger partial charge in [0, 0.05) is 17.0 Å². The van der Waals surface area contributed by atoms with Crippen molar-refractivity contribution in [2.45, 2.75) is 43.7 Å². The Bertz CT molecular complexity index is 846. The van der Waals surface area contributed by atoms with Crippen LogP contribution in [-0.2, 0) is 4.74 Å². The fraction of sp³-hybridized carbons (Fsp3) is 0.474. The zero-order valence-electron chi connectivity index (χ0n) is 13.8. The lowest BCUT2D eigenvalue weighted by Gasteiger charge is -2.45. The van der Waals surface area contributed by atoms with Crippen molar-refractivity contribution in [1.82, 2.24) is 10.3 Å². The van der Waals surface area contributed by atoms with Crippen LogP contribution in [0.5, 0.6) is 0 Å². The number of ether oxygens (including phenoxy) is 1. The highest BCUT2D eigenvalue weighted by molar-refractivity contribution is 6.00. The van der Waals surface area contributed by atoms with E-state index in [1.54, 1.807) is 0 Å². The van der Waals surface area contributed by atoms with Crippen LogP contribution in [0, 0.1) is 12.8 Å². The van der Waals surface area contributed by atoms with Gasteiger partial charge < -0.3 is 15.4 Å². The molecule has 5 heteroatoms. The lowest BCUT2D eigenvalue weighted by molar-refractivity contribution is -0.0932. The number of fused-ring (bicyclic) bond motifs is 3. The van der Waals surface area contributed by atoms with Crippen LogP contribution in [0.1, 0.15) is 31.4 Å². The Balaban J connectivity index is 1.40. The number of carbonyl (C=O) groups excluding carboxylic acids is 1. The molecule has 1 spiro atoms. The van der Waals surface area contributed by atoms with Gasteiger partial charge in [-0.15, -0.1) is 0 Å². The van der Waals surface area contributed by atoms with Gasteiger partial charge in [0.2, 0.25) is 0 Å². The molecule has 3 aliphatic rings. The summed E-state index contributed by atoms with van der Waals surface area (Å²) < 4.78 is 6.03. The predicted molar refractivity (Wildman–Crippen MR) is 92.0 cm³/mol. The van der Waals surface area contributed by atoms with Gasteiger partial charge in [-0.05, 0) is 44.7 Å². The molecule has 2 atom stereocenters. The minimum absolute atomic E-state index is 0.0920. The number of aromatic nitrogens is 1. The molecule has 5 nitrogen and oxygen atoms in total. The van der Waals surface area contributed by atoms with Crippen LogP contribution in [-0.4, -0.2) is 28.8 Å². The molecule has 1 saturated heterocycles. The van der Waals surface area contributed by atoms with Gasteiger partial charge in [0.05, 0.1) is 29.0 Å². The number of amides is 2. The first-order chi connectivity index (χ1) is 11.6. The average Bonchev–Trinajstić information content (AvgIpc) is 3.11. The van der Waals surface area contributed by atoms with E-state index >= 15 is 0 Å². The number of pyridine rings is 1. The molecule has 1 aromatic carbocycles. The van der Waals surface area contributed by atoms with Crippen molar-refractivity contribution < 1.29 is 9.53 Å². The van der Waals surface area contributed by atoms with E-state index in [0.29, 0.717) is 5.92 Å². The molecule has 2 N–H and O–H groups in total. The summed E-state index contributed by atoms with van der Waals surface area (Å²) >= 11 is 0. The molecule has 2 amide bonds. The smallest absolute Gasteiger partial charge is 0.319 e. The number of hydrogen-bond acceptors (Lipinski definition) is 3. The number of nitrogens with zero attached hydrogens (tertiary/aromatic N) is 1. The predicted octanol–water partition coefficient (Wildman–Crippen LogP) is 3.38. The molecule has 1 aliphatic heterocycles. The van der Waals surface area contributed by atoms with Crippen molar-refractivity contribution in [2.24, 2.45) is 5.92 Å². The summed E-state index contributed by atoms with van der Waals surface area (Å²) in [5, 5.41) is 7.27. The highest BCUT2D eigenvalue weighted by atomic mass is 16.5. The molecule has 2 saturated carbocycles. The minimum atomic E-state index is -0.134. The van der Waals surface area contributed by atoms with E-state index in [2.05, 4.69) is 15.6 Å². The van der Waals surface area contributed by atoms with Crippen LogP contribution in [0.4, 0.5) is 10.5 Å². The molecule has 2 heterocycles. The third-order valence-corrected chi connectivity index (χ3v) is 6.07. The first-order valence-corrected chi connectivity index (χ1v) is 8.71. The Kier molecular flexibility index (Phi) is 2.78. The van der Waals surface area contributed by atoms with Crippen molar-refractivity contribution in [3.8, 4) is 0 Å². The number of carbonyl (C=O) groups is 1. The van der Waals surface area contributed by atoms with Gasteiger partial charge in [-0.1, -0.05) is 18.2 Å². The number of urea groups is 1. The van der Waals surface area contributed by atoms with Gasteiger partial charge >= 0.3 is 6.03 Å². The maximum absolute atomic E-state index is 12.7. The van der Waals surface area contributed by atoms with Gasteiger partial charge in [-0.3, -0.25) is 4.98 Å². The van der Waals surface area contributed by atoms with Crippen LogP contribution < -0.4 is 10.6 Å². The monoisotopic (exact) mass is 323 g/mol. The van der Waals surface area contributed by atoms with Crippen molar-refractivity contribution in [3.05, 3.63) is 36.0 Å². The molecule has 0 radical (unpaired) electrons. The summed E-state index contributed by atoms with van der Waals surface area (Å²) in [7, 11) is 0. The standard InChI is InChI=1S/C19H21N3O2/c1-12-9-16(14-5-2-3-6-15(14)20-12)21-17(23)22-19-10-13(19)11-24-18(19)7-4-8-18/h2-3,5-6,9,13H,4,7-8,10-11H2,1H3,(H2,20,21,22,23)/t13-,19+/m0/s1. The second kappa shape index (κ2) is 4.70. The molecule has 2 aliphatic carbocycles. The fourth-order valence-corrected chi connectivity index (χ4v) is 4.60. The third kappa shape index (κ3) is 1.85. The van der Waals surface area contributed by atoms with Crippen molar-refractivity contribution in [1.29, 1.82) is 0 Å². The van der Waals surface area contributed by atoms with Crippen LogP contribution >= 0.6 is 0 Å². The molecule has 2 aromatic rings. The summed E-state index contributed by atoms with van der Waals surface area (Å²) in [5.74, 6) is 0.486. The quantitative estimate of drug-likeness (QED) is 0.890. The summed E-state index contributed by atoms with van der Waals surface area (Å²) in [6.45, 7) is 2.73. The Morgan fingerprint density at radius 3 is 2.92 bits per heavy atom. The van der Waals surface area contributed by atoms with Crippen LogP contribution in [0.25, 0.3) is 10.9 Å². The molecule has 24 heavy (non-hydrogen) atoms. The number of anilines is 1. The zero-order chi connectivity index (χ0) is 16.4. The highest BCUT2D eigenvalue weighted by Gasteiger charge is 2.74. The van der Waals surface area contributed by atoms with E-state index in [1.165, 1.54) is 6.42 Å². The molecular weight excluding hydrogens is 302 g/mol. The Labute approximate surface area is 140 Å². The number of rotatable bonds is 2. The van der Waals surface area contributed by atoms with Crippen molar-refractivity contribution in [2.75, 3.05) is 11.9 Å². The molecule has 124 valence electrons. The summed E-state index contributed by atoms with van der Waals surface area (Å²) in [6, 6.07) is 9.67. The molecule has 1 aromatic heterocycles. The van der Waals surface area contributed by atoms with E-state index < -0.39 is 0 Å². The largest absolute Gasteiger partial charge is 0.372 e. The lowest BCUT2D eigenvalue weighted by Crippen LogP contribution is -2.59. The first-order valence-electron chi connectivity index (χ1n) is 8.71. The Morgan fingerprint density at radius 1 is 1.33 bits per heavy atom. The number of hydrogen-bond donors (Lipinski definition) is 2. The van der Waals surface area contributed by atoms with Crippen LogP contribution in [0.15, 0.2) is 30.3 Å². The first kappa shape index (κ1) is 14.2. The molecule has 3 fully saturated rings. The van der Waals surface area contributed by atoms with Crippen molar-refractivity contribution >= 4 is 22.6 Å². The van der Waals surface area contributed by atoms with Gasteiger partial charge in [-0.2, -0.15) is 0 Å². The third-order valence-electron chi connectivity index (χ3n) is 6.07. The maximum atomic E-state index is 12.7. The number of para-hydroxylation sites is 1. The normalized spacial score (nSPS) is 29.1. The molecule has 0 unspecified atom stereocenters. The van der Waals surface area contributed by atoms with E-state index in [1.807, 2.05) is 37.3 Å². The summed E-state index contributed by atoms with van der Waals surface area (Å²) in [5.41, 5.74) is 2.38. The minimum Gasteiger partial charge on any atom is -0.372 e. The average molecular weight is 323 g/mol. The number of aryl methyl sites for hydroxylation is 1. The molecular formula is C19H21N3O2. The van der Waals surface area contributed by atoms with Gasteiger partial charge in [0.15, 0.2) is 0 Å². The second-order valence-corrected chi connectivity index (χ2v) is 7.44. The Morgan fingerprint density at radius 2 is 2.17 bits per heavy atom. The second-order valence-electron chi connectivity index (χ2n) is 7.44. The van der Waals surface area contributed by atoms with E-state index in [0.717, 1.165) is 48.2 Å². The van der Waals surface area contributed by atoms with Crippen LogP contribution in [0.2, 0.25) is 0 Å². The van der Waals surface area contributed by atoms with Gasteiger partial charge in [-0.25, -0.2) is 4.79 Å². The van der Waals surface area contributed by atoms with E-state index in [9.17, 15) is 4.79 Å².